The fraction of sp³-hybridized carbons (Fsp3) is 0.278. The van der Waals surface area contributed by atoms with Gasteiger partial charge in [-0.1, -0.05) is 30.3 Å². The lowest BCUT2D eigenvalue weighted by Crippen LogP contribution is -2.32. The number of amides is 1. The molecule has 1 aliphatic heterocycles. The molecule has 1 amide bonds. The maximum Gasteiger partial charge on any atom is 0.416 e. The van der Waals surface area contributed by atoms with Crippen molar-refractivity contribution in [3.05, 3.63) is 71.0 Å². The van der Waals surface area contributed by atoms with Gasteiger partial charge in [-0.3, -0.25) is 4.79 Å². The average molecular weight is 389 g/mol. The Morgan fingerprint density at radius 1 is 1.08 bits per heavy atom. The first-order chi connectivity index (χ1) is 11.8. The van der Waals surface area contributed by atoms with Gasteiger partial charge in [0, 0.05) is 25.0 Å². The second-order valence-electron chi connectivity index (χ2n) is 6.08. The molecule has 0 aromatic heterocycles. The van der Waals surface area contributed by atoms with Crippen LogP contribution < -0.4 is 5.73 Å². The lowest BCUT2D eigenvalue weighted by Gasteiger charge is -2.18. The van der Waals surface area contributed by atoms with Gasteiger partial charge in [-0.15, -0.1) is 12.4 Å². The van der Waals surface area contributed by atoms with Crippen LogP contribution in [0.5, 0.6) is 0 Å². The fourth-order valence-electron chi connectivity index (χ4n) is 3.08. The van der Waals surface area contributed by atoms with E-state index >= 15 is 0 Å². The highest BCUT2D eigenvalue weighted by Gasteiger charge is 2.36. The summed E-state index contributed by atoms with van der Waals surface area (Å²) in [6, 6.07) is 10.8. The van der Waals surface area contributed by atoms with Gasteiger partial charge in [0.1, 0.15) is 5.82 Å². The number of carbonyl (C=O) groups is 1. The zero-order chi connectivity index (χ0) is 18.2. The molecule has 1 heterocycles. The standard InChI is InChI=1S/C18H16F4N2O.ClH/c19-15-7-6-12(18(20,21)22)8-13(15)17(25)24-9-14(16(23)10-24)11-4-2-1-3-5-11;/h1-8,14,16H,9-10,23H2;1H/t14-,16+;/m0./s1. The smallest absolute Gasteiger partial charge is 0.336 e. The summed E-state index contributed by atoms with van der Waals surface area (Å²) in [4.78, 5) is 13.8. The molecule has 2 aromatic rings. The van der Waals surface area contributed by atoms with Gasteiger partial charge in [-0.05, 0) is 23.8 Å². The van der Waals surface area contributed by atoms with Crippen molar-refractivity contribution in [1.29, 1.82) is 0 Å². The number of benzene rings is 2. The summed E-state index contributed by atoms with van der Waals surface area (Å²) < 4.78 is 52.4. The molecule has 0 radical (unpaired) electrons. The quantitative estimate of drug-likeness (QED) is 0.795. The van der Waals surface area contributed by atoms with Crippen LogP contribution in [0, 0.1) is 5.82 Å². The van der Waals surface area contributed by atoms with Crippen LogP contribution in [0.1, 0.15) is 27.4 Å². The monoisotopic (exact) mass is 388 g/mol. The average Bonchev–Trinajstić information content (AvgIpc) is 2.96. The summed E-state index contributed by atoms with van der Waals surface area (Å²) >= 11 is 0. The van der Waals surface area contributed by atoms with Crippen molar-refractivity contribution in [2.75, 3.05) is 13.1 Å². The fourth-order valence-corrected chi connectivity index (χ4v) is 3.08. The Kier molecular flexibility index (Phi) is 5.93. The van der Waals surface area contributed by atoms with Gasteiger partial charge in [-0.2, -0.15) is 13.2 Å². The number of hydrogen-bond acceptors (Lipinski definition) is 2. The summed E-state index contributed by atoms with van der Waals surface area (Å²) in [5, 5.41) is 0. The number of rotatable bonds is 2. The van der Waals surface area contributed by atoms with E-state index in [0.29, 0.717) is 18.2 Å². The van der Waals surface area contributed by atoms with Gasteiger partial charge in [0.15, 0.2) is 0 Å². The highest BCUT2D eigenvalue weighted by molar-refractivity contribution is 5.95. The molecule has 3 nitrogen and oxygen atoms in total. The van der Waals surface area contributed by atoms with E-state index in [0.717, 1.165) is 5.56 Å². The first-order valence-electron chi connectivity index (χ1n) is 7.74. The second-order valence-corrected chi connectivity index (χ2v) is 6.08. The molecule has 2 atom stereocenters. The lowest BCUT2D eigenvalue weighted by atomic mass is 9.95. The third kappa shape index (κ3) is 3.99. The predicted octanol–water partition coefficient (Wildman–Crippen LogP) is 3.83. The van der Waals surface area contributed by atoms with Crippen molar-refractivity contribution >= 4 is 18.3 Å². The van der Waals surface area contributed by atoms with Crippen LogP contribution in [-0.4, -0.2) is 29.9 Å². The highest BCUT2D eigenvalue weighted by atomic mass is 35.5. The largest absolute Gasteiger partial charge is 0.416 e. The Labute approximate surface area is 154 Å². The molecule has 0 aliphatic carbocycles. The maximum absolute atomic E-state index is 13.9. The molecule has 140 valence electrons. The van der Waals surface area contributed by atoms with E-state index in [-0.39, 0.29) is 37.5 Å². The molecule has 1 fully saturated rings. The Morgan fingerprint density at radius 2 is 1.73 bits per heavy atom. The number of nitrogens with zero attached hydrogens (tertiary/aromatic N) is 1. The van der Waals surface area contributed by atoms with Gasteiger partial charge in [0.25, 0.3) is 5.91 Å². The Hall–Kier alpha value is -2.12. The van der Waals surface area contributed by atoms with Crippen molar-refractivity contribution < 1.29 is 22.4 Å². The van der Waals surface area contributed by atoms with E-state index in [2.05, 4.69) is 0 Å². The highest BCUT2D eigenvalue weighted by Crippen LogP contribution is 2.32. The molecule has 8 heteroatoms. The maximum atomic E-state index is 13.9. The number of alkyl halides is 3. The topological polar surface area (TPSA) is 46.3 Å². The molecular weight excluding hydrogens is 372 g/mol. The SMILES string of the molecule is Cl.N[C@@H]1CN(C(=O)c2cc(C(F)(F)F)ccc2F)C[C@H]1c1ccccc1. The van der Waals surface area contributed by atoms with E-state index in [9.17, 15) is 22.4 Å². The molecule has 26 heavy (non-hydrogen) atoms. The predicted molar refractivity (Wildman–Crippen MR) is 91.7 cm³/mol. The zero-order valence-electron chi connectivity index (χ0n) is 13.5. The minimum absolute atomic E-state index is 0. The third-order valence-corrected chi connectivity index (χ3v) is 4.40. The van der Waals surface area contributed by atoms with Crippen LogP contribution in [0.4, 0.5) is 17.6 Å². The second kappa shape index (κ2) is 7.63. The summed E-state index contributed by atoms with van der Waals surface area (Å²) in [6.45, 7) is 0.397. The van der Waals surface area contributed by atoms with Crippen molar-refractivity contribution in [1.82, 2.24) is 4.90 Å². The summed E-state index contributed by atoms with van der Waals surface area (Å²) in [5.74, 6) is -1.90. The van der Waals surface area contributed by atoms with Crippen LogP contribution in [0.25, 0.3) is 0 Å². The molecule has 2 N–H and O–H groups in total. The minimum atomic E-state index is -4.64. The number of hydrogen-bond donors (Lipinski definition) is 1. The molecule has 0 saturated carbocycles. The molecular formula is C18H17ClF4N2O. The normalized spacial score (nSPS) is 20.0. The van der Waals surface area contributed by atoms with Gasteiger partial charge < -0.3 is 10.6 Å². The Morgan fingerprint density at radius 3 is 2.35 bits per heavy atom. The van der Waals surface area contributed by atoms with E-state index in [4.69, 9.17) is 5.73 Å². The van der Waals surface area contributed by atoms with Crippen LogP contribution in [0.2, 0.25) is 0 Å². The lowest BCUT2D eigenvalue weighted by molar-refractivity contribution is -0.137. The summed E-state index contributed by atoms with van der Waals surface area (Å²) in [5.41, 5.74) is 5.38. The summed E-state index contributed by atoms with van der Waals surface area (Å²) in [7, 11) is 0. The number of carbonyl (C=O) groups excluding carboxylic acids is 1. The van der Waals surface area contributed by atoms with Crippen LogP contribution in [0.15, 0.2) is 48.5 Å². The van der Waals surface area contributed by atoms with Crippen molar-refractivity contribution in [3.8, 4) is 0 Å². The molecule has 2 aromatic carbocycles. The Balaban J connectivity index is 0.00000243. The van der Waals surface area contributed by atoms with E-state index < -0.39 is 29.0 Å². The Bertz CT molecular complexity index is 783. The van der Waals surface area contributed by atoms with E-state index in [1.54, 1.807) is 0 Å². The number of nitrogens with two attached hydrogens (primary N) is 1. The molecule has 0 spiro atoms. The third-order valence-electron chi connectivity index (χ3n) is 4.40. The zero-order valence-corrected chi connectivity index (χ0v) is 14.4. The van der Waals surface area contributed by atoms with Crippen LogP contribution in [0.3, 0.4) is 0 Å². The van der Waals surface area contributed by atoms with Gasteiger partial charge >= 0.3 is 6.18 Å². The van der Waals surface area contributed by atoms with Crippen molar-refractivity contribution in [2.45, 2.75) is 18.1 Å². The van der Waals surface area contributed by atoms with E-state index in [1.807, 2.05) is 30.3 Å². The van der Waals surface area contributed by atoms with Gasteiger partial charge in [0.05, 0.1) is 11.1 Å². The first-order valence-corrected chi connectivity index (χ1v) is 7.74. The molecule has 0 bridgehead atoms. The molecule has 1 saturated heterocycles. The van der Waals surface area contributed by atoms with Crippen molar-refractivity contribution in [3.63, 3.8) is 0 Å². The molecule has 0 unspecified atom stereocenters. The van der Waals surface area contributed by atoms with Crippen LogP contribution >= 0.6 is 12.4 Å². The molecule has 1 aliphatic rings. The minimum Gasteiger partial charge on any atom is -0.336 e. The number of halogens is 5. The molecule has 3 rings (SSSR count). The van der Waals surface area contributed by atoms with Gasteiger partial charge in [-0.25, -0.2) is 4.39 Å². The summed E-state index contributed by atoms with van der Waals surface area (Å²) in [6.07, 6.45) is -4.64. The first kappa shape index (κ1) is 20.2. The van der Waals surface area contributed by atoms with Crippen molar-refractivity contribution in [2.24, 2.45) is 5.73 Å². The van der Waals surface area contributed by atoms with E-state index in [1.165, 1.54) is 4.90 Å². The van der Waals surface area contributed by atoms with Crippen LogP contribution in [-0.2, 0) is 6.18 Å². The van der Waals surface area contributed by atoms with Gasteiger partial charge in [0.2, 0.25) is 0 Å². The number of likely N-dealkylation sites (tertiary alicyclic amines) is 1.